The largest absolute Gasteiger partial charge is 0.385 e. The summed E-state index contributed by atoms with van der Waals surface area (Å²) in [6.45, 7) is 14.5. The van der Waals surface area contributed by atoms with Gasteiger partial charge in [0.1, 0.15) is 0 Å². The van der Waals surface area contributed by atoms with Crippen molar-refractivity contribution < 1.29 is 9.90 Å². The van der Waals surface area contributed by atoms with E-state index in [0.717, 1.165) is 6.42 Å². The van der Waals surface area contributed by atoms with E-state index in [-0.39, 0.29) is 11.4 Å². The molecule has 0 aromatic carbocycles. The first-order chi connectivity index (χ1) is 7.18. The minimum atomic E-state index is -1.15. The molecule has 0 heterocycles. The molecule has 0 aliphatic rings. The maximum atomic E-state index is 11.6. The lowest BCUT2D eigenvalue weighted by molar-refractivity contribution is -0.114. The van der Waals surface area contributed by atoms with Crippen molar-refractivity contribution in [3.63, 3.8) is 0 Å². The van der Waals surface area contributed by atoms with Crippen LogP contribution in [0.1, 0.15) is 40.5 Å². The molecule has 0 amide bonds. The quantitative estimate of drug-likeness (QED) is 0.553. The SMILES string of the molecule is C=C(C)C(=O)C(=C)[C@@](C)(O)CCC=C(C)C. The summed E-state index contributed by atoms with van der Waals surface area (Å²) >= 11 is 0. The molecule has 1 N–H and O–H groups in total. The predicted octanol–water partition coefficient (Wildman–Crippen LogP) is 3.19. The van der Waals surface area contributed by atoms with Crippen molar-refractivity contribution >= 4 is 5.78 Å². The number of hydrogen-bond donors (Lipinski definition) is 1. The van der Waals surface area contributed by atoms with Gasteiger partial charge in [-0.05, 0) is 46.1 Å². The van der Waals surface area contributed by atoms with Gasteiger partial charge in [-0.15, -0.1) is 0 Å². The fraction of sp³-hybridized carbons (Fsp3) is 0.500. The first-order valence-electron chi connectivity index (χ1n) is 5.44. The van der Waals surface area contributed by atoms with Crippen LogP contribution in [0, 0.1) is 0 Å². The lowest BCUT2D eigenvalue weighted by atomic mass is 9.87. The Morgan fingerprint density at radius 3 is 2.19 bits per heavy atom. The fourth-order valence-electron chi connectivity index (χ4n) is 1.29. The third-order valence-corrected chi connectivity index (χ3v) is 2.50. The fourth-order valence-corrected chi connectivity index (χ4v) is 1.29. The van der Waals surface area contributed by atoms with Crippen LogP contribution in [0.2, 0.25) is 0 Å². The molecule has 0 aromatic heterocycles. The van der Waals surface area contributed by atoms with Crippen LogP contribution in [0.25, 0.3) is 0 Å². The van der Waals surface area contributed by atoms with Crippen LogP contribution in [0.3, 0.4) is 0 Å². The van der Waals surface area contributed by atoms with Crippen LogP contribution in [-0.2, 0) is 4.79 Å². The van der Waals surface area contributed by atoms with Gasteiger partial charge in [0, 0.05) is 5.57 Å². The van der Waals surface area contributed by atoms with Gasteiger partial charge in [-0.3, -0.25) is 4.79 Å². The number of carbonyl (C=O) groups excluding carboxylic acids is 1. The lowest BCUT2D eigenvalue weighted by Gasteiger charge is -2.24. The third-order valence-electron chi connectivity index (χ3n) is 2.50. The van der Waals surface area contributed by atoms with Crippen molar-refractivity contribution in [2.75, 3.05) is 0 Å². The van der Waals surface area contributed by atoms with Gasteiger partial charge in [-0.1, -0.05) is 24.8 Å². The van der Waals surface area contributed by atoms with Gasteiger partial charge in [0.15, 0.2) is 5.78 Å². The summed E-state index contributed by atoms with van der Waals surface area (Å²) in [5, 5.41) is 10.1. The Hall–Kier alpha value is -1.15. The zero-order valence-electron chi connectivity index (χ0n) is 10.8. The Morgan fingerprint density at radius 2 is 1.81 bits per heavy atom. The van der Waals surface area contributed by atoms with Gasteiger partial charge in [0.05, 0.1) is 5.60 Å². The molecule has 0 saturated heterocycles. The molecule has 0 aromatic rings. The van der Waals surface area contributed by atoms with E-state index in [2.05, 4.69) is 13.2 Å². The highest BCUT2D eigenvalue weighted by atomic mass is 16.3. The molecule has 0 bridgehead atoms. The molecule has 0 rings (SSSR count). The van der Waals surface area contributed by atoms with E-state index in [0.29, 0.717) is 12.0 Å². The standard InChI is InChI=1S/C14H22O2/c1-10(2)8-7-9-14(6,16)12(5)13(15)11(3)4/h8,16H,3,5,7,9H2,1-2,4,6H3/t14-/m0/s1. The van der Waals surface area contributed by atoms with Crippen LogP contribution in [0.5, 0.6) is 0 Å². The number of aliphatic hydroxyl groups is 1. The van der Waals surface area contributed by atoms with Crippen molar-refractivity contribution in [1.29, 1.82) is 0 Å². The summed E-state index contributed by atoms with van der Waals surface area (Å²) in [5.74, 6) is -0.248. The summed E-state index contributed by atoms with van der Waals surface area (Å²) in [7, 11) is 0. The summed E-state index contributed by atoms with van der Waals surface area (Å²) < 4.78 is 0. The summed E-state index contributed by atoms with van der Waals surface area (Å²) in [5.41, 5.74) is 0.685. The van der Waals surface area contributed by atoms with Crippen molar-refractivity contribution in [1.82, 2.24) is 0 Å². The summed E-state index contributed by atoms with van der Waals surface area (Å²) in [4.78, 5) is 11.6. The van der Waals surface area contributed by atoms with Crippen LogP contribution in [-0.4, -0.2) is 16.5 Å². The molecule has 0 radical (unpaired) electrons. The first-order valence-corrected chi connectivity index (χ1v) is 5.44. The lowest BCUT2D eigenvalue weighted by Crippen LogP contribution is -2.31. The minimum absolute atomic E-state index is 0.224. The van der Waals surface area contributed by atoms with Gasteiger partial charge in [-0.25, -0.2) is 0 Å². The van der Waals surface area contributed by atoms with E-state index in [9.17, 15) is 9.90 Å². The van der Waals surface area contributed by atoms with E-state index in [1.165, 1.54) is 5.57 Å². The monoisotopic (exact) mass is 222 g/mol. The Bertz CT molecular complexity index is 329. The number of carbonyl (C=O) groups is 1. The maximum absolute atomic E-state index is 11.6. The van der Waals surface area contributed by atoms with Crippen molar-refractivity contribution in [2.24, 2.45) is 0 Å². The molecule has 0 saturated carbocycles. The van der Waals surface area contributed by atoms with Crippen LogP contribution >= 0.6 is 0 Å². The number of Topliss-reactive ketones (excluding diaryl/α,β-unsaturated/α-hetero) is 1. The Labute approximate surface area is 98.4 Å². The molecular formula is C14H22O2. The first kappa shape index (κ1) is 14.8. The minimum Gasteiger partial charge on any atom is -0.385 e. The zero-order valence-corrected chi connectivity index (χ0v) is 10.8. The van der Waals surface area contributed by atoms with Crippen molar-refractivity contribution in [2.45, 2.75) is 46.1 Å². The highest BCUT2D eigenvalue weighted by Crippen LogP contribution is 2.24. The van der Waals surface area contributed by atoms with Crippen molar-refractivity contribution in [3.8, 4) is 0 Å². The Kier molecular flexibility index (Phi) is 5.39. The van der Waals surface area contributed by atoms with Crippen LogP contribution < -0.4 is 0 Å². The average Bonchev–Trinajstić information content (AvgIpc) is 2.14. The normalized spacial score (nSPS) is 13.8. The van der Waals surface area contributed by atoms with Crippen molar-refractivity contribution in [3.05, 3.63) is 36.0 Å². The van der Waals surface area contributed by atoms with Gasteiger partial charge in [0.25, 0.3) is 0 Å². The third kappa shape index (κ3) is 4.58. The topological polar surface area (TPSA) is 37.3 Å². The summed E-state index contributed by atoms with van der Waals surface area (Å²) in [6.07, 6.45) is 3.26. The molecule has 2 heteroatoms. The van der Waals surface area contributed by atoms with Gasteiger partial charge in [0.2, 0.25) is 0 Å². The highest BCUT2D eigenvalue weighted by Gasteiger charge is 2.28. The molecule has 0 unspecified atom stereocenters. The van der Waals surface area contributed by atoms with E-state index >= 15 is 0 Å². The van der Waals surface area contributed by atoms with E-state index in [4.69, 9.17) is 0 Å². The second-order valence-corrected chi connectivity index (χ2v) is 4.68. The van der Waals surface area contributed by atoms with Crippen LogP contribution in [0.15, 0.2) is 36.0 Å². The molecule has 1 atom stereocenters. The molecule has 0 aliphatic heterocycles. The zero-order chi connectivity index (χ0) is 12.9. The van der Waals surface area contributed by atoms with Gasteiger partial charge in [-0.2, -0.15) is 0 Å². The molecule has 0 aliphatic carbocycles. The smallest absolute Gasteiger partial charge is 0.186 e. The van der Waals surface area contributed by atoms with Gasteiger partial charge >= 0.3 is 0 Å². The van der Waals surface area contributed by atoms with E-state index in [1.54, 1.807) is 13.8 Å². The maximum Gasteiger partial charge on any atom is 0.186 e. The van der Waals surface area contributed by atoms with Gasteiger partial charge < -0.3 is 5.11 Å². The average molecular weight is 222 g/mol. The Balaban J connectivity index is 4.55. The second kappa shape index (κ2) is 5.80. The van der Waals surface area contributed by atoms with E-state index < -0.39 is 5.60 Å². The number of rotatable bonds is 6. The molecular weight excluding hydrogens is 200 g/mol. The molecule has 0 spiro atoms. The number of ketones is 1. The van der Waals surface area contributed by atoms with E-state index in [1.807, 2.05) is 19.9 Å². The Morgan fingerprint density at radius 1 is 1.31 bits per heavy atom. The molecule has 90 valence electrons. The molecule has 16 heavy (non-hydrogen) atoms. The highest BCUT2D eigenvalue weighted by molar-refractivity contribution is 6.08. The molecule has 0 fully saturated rings. The number of allylic oxidation sites excluding steroid dienone is 3. The second-order valence-electron chi connectivity index (χ2n) is 4.68. The predicted molar refractivity (Wildman–Crippen MR) is 68.2 cm³/mol. The molecule has 2 nitrogen and oxygen atoms in total. The van der Waals surface area contributed by atoms with Crippen LogP contribution in [0.4, 0.5) is 0 Å². The number of hydrogen-bond acceptors (Lipinski definition) is 2. The summed E-state index contributed by atoms with van der Waals surface area (Å²) in [6, 6.07) is 0.